The minimum Gasteiger partial charge on any atom is -0.366 e. The van der Waals surface area contributed by atoms with Crippen LogP contribution in [0.1, 0.15) is 26.1 Å². The summed E-state index contributed by atoms with van der Waals surface area (Å²) in [7, 11) is 0. The van der Waals surface area contributed by atoms with E-state index in [2.05, 4.69) is 36.0 Å². The zero-order chi connectivity index (χ0) is 25.6. The van der Waals surface area contributed by atoms with Gasteiger partial charge < -0.3 is 20.5 Å². The van der Waals surface area contributed by atoms with Gasteiger partial charge in [0.2, 0.25) is 5.95 Å². The fraction of sp³-hybridized carbons (Fsp3) is 0.478. The van der Waals surface area contributed by atoms with Gasteiger partial charge >= 0.3 is 0 Å². The van der Waals surface area contributed by atoms with E-state index in [1.165, 1.54) is 4.57 Å². The van der Waals surface area contributed by atoms with Crippen molar-refractivity contribution in [2.24, 2.45) is 0 Å². The average Bonchev–Trinajstić information content (AvgIpc) is 3.35. The van der Waals surface area contributed by atoms with Crippen molar-refractivity contribution < 1.29 is 17.6 Å². The molecule has 1 aliphatic rings. The predicted molar refractivity (Wildman–Crippen MR) is 129 cm³/mol. The van der Waals surface area contributed by atoms with Gasteiger partial charge in [0.25, 0.3) is 12.3 Å². The second kappa shape index (κ2) is 9.19. The average molecular weight is 506 g/mol. The zero-order valence-corrected chi connectivity index (χ0v) is 20.1. The van der Waals surface area contributed by atoms with Crippen LogP contribution in [-0.4, -0.2) is 66.7 Å². The summed E-state index contributed by atoms with van der Waals surface area (Å²) in [5, 5.41) is 13.2. The van der Waals surface area contributed by atoms with Crippen LogP contribution in [-0.2, 0) is 6.54 Å². The lowest BCUT2D eigenvalue weighted by Crippen LogP contribution is -2.53. The molecule has 3 N–H and O–H groups in total. The first-order chi connectivity index (χ1) is 17.1. The summed E-state index contributed by atoms with van der Waals surface area (Å²) in [6.45, 7) is 5.09. The third kappa shape index (κ3) is 4.54. The zero-order valence-electron chi connectivity index (χ0n) is 20.1. The topological polar surface area (TPSA) is 97.0 Å². The molecule has 0 amide bonds. The highest BCUT2D eigenvalue weighted by molar-refractivity contribution is 5.89. The Labute approximate surface area is 204 Å². The van der Waals surface area contributed by atoms with Crippen LogP contribution < -0.4 is 16.0 Å². The van der Waals surface area contributed by atoms with E-state index in [1.54, 1.807) is 35.8 Å². The number of fused-ring (bicyclic) bond motifs is 2. The van der Waals surface area contributed by atoms with Crippen LogP contribution in [0.25, 0.3) is 27.9 Å². The summed E-state index contributed by atoms with van der Waals surface area (Å²) < 4.78 is 58.0. The quantitative estimate of drug-likeness (QED) is 0.328. The number of anilines is 2. The van der Waals surface area contributed by atoms with Crippen molar-refractivity contribution in [3.05, 3.63) is 30.2 Å². The van der Waals surface area contributed by atoms with Gasteiger partial charge in [-0.2, -0.15) is 4.98 Å². The van der Waals surface area contributed by atoms with Crippen LogP contribution in [0.15, 0.2) is 24.4 Å². The Bertz CT molecular complexity index is 1400. The molecule has 36 heavy (non-hydrogen) atoms. The van der Waals surface area contributed by atoms with Crippen molar-refractivity contribution in [3.63, 3.8) is 0 Å². The van der Waals surface area contributed by atoms with Crippen LogP contribution in [0, 0.1) is 6.92 Å². The number of hydrogen-bond acceptors (Lipinski definition) is 7. The van der Waals surface area contributed by atoms with Crippen molar-refractivity contribution in [2.45, 2.75) is 58.2 Å². The number of aromatic nitrogens is 6. The number of hydrogen-bond donors (Lipinski definition) is 3. The SMILES string of the molecule is Cc1nc2ccc(-c3ccn4nc(NC5CCNCC5(F)F)nc(NC(C)C)c34)nc2n1CC(F)F. The number of imidazole rings is 1. The van der Waals surface area contributed by atoms with Gasteiger partial charge in [-0.25, -0.2) is 32.0 Å². The molecule has 0 aliphatic carbocycles. The molecular formula is C23H27F4N9. The lowest BCUT2D eigenvalue weighted by atomic mass is 10.0. The Morgan fingerprint density at radius 3 is 2.69 bits per heavy atom. The number of piperidine rings is 1. The van der Waals surface area contributed by atoms with Gasteiger partial charge in [-0.1, -0.05) is 0 Å². The van der Waals surface area contributed by atoms with Crippen molar-refractivity contribution >= 4 is 28.4 Å². The first-order valence-electron chi connectivity index (χ1n) is 11.8. The predicted octanol–water partition coefficient (Wildman–Crippen LogP) is 3.94. The van der Waals surface area contributed by atoms with E-state index in [1.807, 2.05) is 13.8 Å². The third-order valence-corrected chi connectivity index (χ3v) is 6.10. The molecule has 13 heteroatoms. The number of pyridine rings is 1. The molecule has 1 fully saturated rings. The maximum Gasteiger partial charge on any atom is 0.280 e. The lowest BCUT2D eigenvalue weighted by Gasteiger charge is -2.32. The van der Waals surface area contributed by atoms with E-state index in [0.29, 0.717) is 46.1 Å². The van der Waals surface area contributed by atoms with Gasteiger partial charge in [-0.3, -0.25) is 0 Å². The number of alkyl halides is 4. The normalized spacial score (nSPS) is 18.0. The second-order valence-corrected chi connectivity index (χ2v) is 9.23. The number of rotatable bonds is 7. The van der Waals surface area contributed by atoms with E-state index < -0.39 is 31.5 Å². The van der Waals surface area contributed by atoms with Crippen LogP contribution in [0.4, 0.5) is 29.3 Å². The Kier molecular flexibility index (Phi) is 6.18. The van der Waals surface area contributed by atoms with Crippen LogP contribution in [0.5, 0.6) is 0 Å². The molecule has 0 spiro atoms. The number of nitrogens with one attached hydrogen (secondary N) is 3. The molecule has 0 radical (unpaired) electrons. The highest BCUT2D eigenvalue weighted by atomic mass is 19.3. The van der Waals surface area contributed by atoms with Crippen molar-refractivity contribution in [1.29, 1.82) is 0 Å². The van der Waals surface area contributed by atoms with Crippen LogP contribution >= 0.6 is 0 Å². The standard InChI is InChI=1S/C23H27F4N9/c1-12(2)29-20-19-14(15-4-5-16-21(31-15)35(10-18(24)25)13(3)30-16)7-9-36(19)34-22(33-20)32-17-6-8-28-11-23(17,26)27/h4-5,7,9,12,17-18,28H,6,8,10-11H2,1-3H3,(H2,29,32,33,34). The highest BCUT2D eigenvalue weighted by Crippen LogP contribution is 2.32. The third-order valence-electron chi connectivity index (χ3n) is 6.10. The van der Waals surface area contributed by atoms with E-state index >= 15 is 0 Å². The summed E-state index contributed by atoms with van der Waals surface area (Å²) in [6, 6.07) is 4.18. The van der Waals surface area contributed by atoms with Gasteiger partial charge in [0.1, 0.15) is 16.9 Å². The minimum absolute atomic E-state index is 0.00909. The molecule has 0 aromatic carbocycles. The second-order valence-electron chi connectivity index (χ2n) is 9.23. The molecule has 0 saturated carbocycles. The fourth-order valence-electron chi connectivity index (χ4n) is 4.46. The lowest BCUT2D eigenvalue weighted by molar-refractivity contribution is -0.0324. The molecule has 0 bridgehead atoms. The van der Waals surface area contributed by atoms with Gasteiger partial charge in [0, 0.05) is 17.8 Å². The van der Waals surface area contributed by atoms with Gasteiger partial charge in [0.15, 0.2) is 11.5 Å². The summed E-state index contributed by atoms with van der Waals surface area (Å²) in [5.74, 6) is -1.97. The summed E-state index contributed by atoms with van der Waals surface area (Å²) in [4.78, 5) is 13.5. The Balaban J connectivity index is 1.59. The molecule has 1 saturated heterocycles. The van der Waals surface area contributed by atoms with E-state index in [4.69, 9.17) is 0 Å². The van der Waals surface area contributed by atoms with Gasteiger partial charge in [-0.15, -0.1) is 5.10 Å². The fourth-order valence-corrected chi connectivity index (χ4v) is 4.46. The first-order valence-corrected chi connectivity index (χ1v) is 11.8. The Morgan fingerprint density at radius 1 is 1.17 bits per heavy atom. The Hall–Kier alpha value is -3.48. The van der Waals surface area contributed by atoms with E-state index in [-0.39, 0.29) is 18.4 Å². The van der Waals surface area contributed by atoms with Crippen molar-refractivity contribution in [3.8, 4) is 11.3 Å². The maximum absolute atomic E-state index is 14.4. The van der Waals surface area contributed by atoms with E-state index in [0.717, 1.165) is 0 Å². The molecule has 4 aromatic rings. The molecule has 1 unspecified atom stereocenters. The number of halogens is 4. The first kappa shape index (κ1) is 24.2. The number of aryl methyl sites for hydroxylation is 1. The molecule has 5 heterocycles. The summed E-state index contributed by atoms with van der Waals surface area (Å²) in [6.07, 6.45) is -0.624. The molecule has 1 aliphatic heterocycles. The molecule has 1 atom stereocenters. The minimum atomic E-state index is -2.94. The Morgan fingerprint density at radius 2 is 1.97 bits per heavy atom. The monoisotopic (exact) mass is 505 g/mol. The molecule has 9 nitrogen and oxygen atoms in total. The maximum atomic E-state index is 14.4. The van der Waals surface area contributed by atoms with Crippen molar-refractivity contribution in [2.75, 3.05) is 23.7 Å². The van der Waals surface area contributed by atoms with Gasteiger partial charge in [-0.05, 0) is 51.9 Å². The highest BCUT2D eigenvalue weighted by Gasteiger charge is 2.42. The molecule has 4 aromatic heterocycles. The largest absolute Gasteiger partial charge is 0.366 e. The molecule has 192 valence electrons. The summed E-state index contributed by atoms with van der Waals surface area (Å²) >= 11 is 0. The smallest absolute Gasteiger partial charge is 0.280 e. The van der Waals surface area contributed by atoms with Gasteiger partial charge in [0.05, 0.1) is 24.8 Å². The number of nitrogens with zero attached hydrogens (tertiary/aromatic N) is 6. The molecule has 5 rings (SSSR count). The van der Waals surface area contributed by atoms with Crippen LogP contribution in [0.2, 0.25) is 0 Å². The van der Waals surface area contributed by atoms with E-state index in [9.17, 15) is 17.6 Å². The molecular weight excluding hydrogens is 478 g/mol. The van der Waals surface area contributed by atoms with Crippen LogP contribution in [0.3, 0.4) is 0 Å². The van der Waals surface area contributed by atoms with Crippen molar-refractivity contribution in [1.82, 2.24) is 34.4 Å². The summed E-state index contributed by atoms with van der Waals surface area (Å²) in [5.41, 5.74) is 2.67.